The summed E-state index contributed by atoms with van der Waals surface area (Å²) >= 11 is 0. The lowest BCUT2D eigenvalue weighted by molar-refractivity contribution is -0.384. The van der Waals surface area contributed by atoms with Gasteiger partial charge in [-0.25, -0.2) is 17.9 Å². The molecule has 0 saturated carbocycles. The molecule has 26 heavy (non-hydrogen) atoms. The van der Waals surface area contributed by atoms with Gasteiger partial charge in [0.25, 0.3) is 5.69 Å². The van der Waals surface area contributed by atoms with E-state index in [1.54, 1.807) is 12.1 Å². The van der Waals surface area contributed by atoms with Crippen LogP contribution in [0, 0.1) is 21.8 Å². The highest BCUT2D eigenvalue weighted by Gasteiger charge is 2.36. The number of rotatable bonds is 4. The molecule has 1 fully saturated rings. The monoisotopic (exact) mass is 379 g/mol. The van der Waals surface area contributed by atoms with Crippen LogP contribution in [0.4, 0.5) is 15.8 Å². The summed E-state index contributed by atoms with van der Waals surface area (Å²) in [6.45, 7) is 2.54. The van der Waals surface area contributed by atoms with Crippen molar-refractivity contribution in [2.75, 3.05) is 11.4 Å². The van der Waals surface area contributed by atoms with Crippen LogP contribution in [-0.2, 0) is 10.0 Å². The van der Waals surface area contributed by atoms with E-state index in [1.807, 2.05) is 11.8 Å². The maximum Gasteiger partial charge on any atom is 0.293 e. The first-order valence-electron chi connectivity index (χ1n) is 8.02. The molecule has 0 spiro atoms. The molecule has 9 heteroatoms. The third-order valence-electron chi connectivity index (χ3n) is 4.67. The molecule has 2 aromatic carbocycles. The first-order valence-corrected chi connectivity index (χ1v) is 9.56. The van der Waals surface area contributed by atoms with Gasteiger partial charge in [0.15, 0.2) is 0 Å². The van der Waals surface area contributed by atoms with Crippen molar-refractivity contribution < 1.29 is 17.7 Å². The van der Waals surface area contributed by atoms with Crippen molar-refractivity contribution in [2.45, 2.75) is 24.3 Å². The van der Waals surface area contributed by atoms with E-state index in [0.717, 1.165) is 18.1 Å². The molecule has 0 amide bonds. The lowest BCUT2D eigenvalue weighted by Gasteiger charge is -2.29. The van der Waals surface area contributed by atoms with Crippen LogP contribution in [0.3, 0.4) is 0 Å². The number of nitrogens with two attached hydrogens (primary N) is 1. The predicted octanol–water partition coefficient (Wildman–Crippen LogP) is 2.97. The Morgan fingerprint density at radius 1 is 1.27 bits per heavy atom. The molecule has 2 atom stereocenters. The largest absolute Gasteiger partial charge is 0.359 e. The first-order chi connectivity index (χ1) is 12.2. The number of sulfonamides is 1. The Morgan fingerprint density at radius 2 is 2.00 bits per heavy atom. The minimum atomic E-state index is -4.05. The Hall–Kier alpha value is -2.52. The number of nitro benzene ring substituents is 1. The number of halogens is 1. The Bertz CT molecular complexity index is 964. The van der Waals surface area contributed by atoms with Gasteiger partial charge in [-0.1, -0.05) is 19.1 Å². The minimum absolute atomic E-state index is 0.148. The van der Waals surface area contributed by atoms with Crippen molar-refractivity contribution >= 4 is 21.4 Å². The van der Waals surface area contributed by atoms with Crippen LogP contribution in [0.25, 0.3) is 0 Å². The molecular formula is C17H18FN3O4S. The van der Waals surface area contributed by atoms with E-state index in [9.17, 15) is 22.9 Å². The molecule has 2 unspecified atom stereocenters. The molecule has 0 aromatic heterocycles. The SMILES string of the molecule is CC1CCN(c2ccc(S(N)(=O)=O)cc2[N+](=O)[O-])C1c1cccc(F)c1. The van der Waals surface area contributed by atoms with Gasteiger partial charge in [-0.3, -0.25) is 10.1 Å². The standard InChI is InChI=1S/C17H18FN3O4S/c1-11-7-8-20(17(11)12-3-2-4-13(18)9-12)15-6-5-14(26(19,24)25)10-16(15)21(22)23/h2-6,9-11,17H,7-8H2,1H3,(H2,19,24,25). The fourth-order valence-electron chi connectivity index (χ4n) is 3.49. The summed E-state index contributed by atoms with van der Waals surface area (Å²) in [4.78, 5) is 12.4. The zero-order valence-electron chi connectivity index (χ0n) is 14.0. The number of hydrogen-bond donors (Lipinski definition) is 1. The second-order valence-corrected chi connectivity index (χ2v) is 7.97. The first kappa shape index (κ1) is 18.3. The Balaban J connectivity index is 2.11. The van der Waals surface area contributed by atoms with Gasteiger partial charge in [-0.05, 0) is 42.2 Å². The van der Waals surface area contributed by atoms with E-state index >= 15 is 0 Å². The van der Waals surface area contributed by atoms with Crippen LogP contribution in [-0.4, -0.2) is 19.9 Å². The molecule has 7 nitrogen and oxygen atoms in total. The van der Waals surface area contributed by atoms with Crippen molar-refractivity contribution in [3.63, 3.8) is 0 Å². The summed E-state index contributed by atoms with van der Waals surface area (Å²) in [5, 5.41) is 16.6. The topological polar surface area (TPSA) is 107 Å². The van der Waals surface area contributed by atoms with Gasteiger partial charge < -0.3 is 4.90 Å². The van der Waals surface area contributed by atoms with E-state index in [2.05, 4.69) is 0 Å². The maximum absolute atomic E-state index is 13.7. The quantitative estimate of drug-likeness (QED) is 0.649. The highest BCUT2D eigenvalue weighted by atomic mass is 32.2. The number of nitro groups is 1. The van der Waals surface area contributed by atoms with E-state index in [-0.39, 0.29) is 28.4 Å². The lowest BCUT2D eigenvalue weighted by atomic mass is 9.95. The number of anilines is 1. The molecule has 0 bridgehead atoms. The Labute approximate surface area is 150 Å². The van der Waals surface area contributed by atoms with Crippen LogP contribution in [0.1, 0.15) is 24.9 Å². The van der Waals surface area contributed by atoms with E-state index in [1.165, 1.54) is 24.3 Å². The van der Waals surface area contributed by atoms with Crippen LogP contribution in [0.2, 0.25) is 0 Å². The summed E-state index contributed by atoms with van der Waals surface area (Å²) in [6, 6.07) is 9.52. The van der Waals surface area contributed by atoms with Gasteiger partial charge in [0.05, 0.1) is 15.9 Å². The van der Waals surface area contributed by atoms with Crippen LogP contribution in [0.15, 0.2) is 47.4 Å². The molecule has 1 saturated heterocycles. The second-order valence-electron chi connectivity index (χ2n) is 6.41. The van der Waals surface area contributed by atoms with E-state index < -0.39 is 14.9 Å². The average molecular weight is 379 g/mol. The van der Waals surface area contributed by atoms with Gasteiger partial charge in [0.2, 0.25) is 10.0 Å². The summed E-state index contributed by atoms with van der Waals surface area (Å²) in [5.41, 5.74) is 0.674. The molecule has 2 N–H and O–H groups in total. The normalized spacial score (nSPS) is 20.3. The zero-order chi connectivity index (χ0) is 19.1. The van der Waals surface area contributed by atoms with Gasteiger partial charge in [-0.15, -0.1) is 0 Å². The van der Waals surface area contributed by atoms with Crippen LogP contribution >= 0.6 is 0 Å². The van der Waals surface area contributed by atoms with Crippen molar-refractivity contribution in [1.29, 1.82) is 0 Å². The highest BCUT2D eigenvalue weighted by molar-refractivity contribution is 7.89. The number of nitrogens with zero attached hydrogens (tertiary/aromatic N) is 2. The molecule has 3 rings (SSSR count). The second kappa shape index (κ2) is 6.65. The third kappa shape index (κ3) is 3.40. The van der Waals surface area contributed by atoms with Crippen LogP contribution < -0.4 is 10.0 Å². The van der Waals surface area contributed by atoms with Gasteiger partial charge >= 0.3 is 0 Å². The van der Waals surface area contributed by atoms with Gasteiger partial charge in [0, 0.05) is 12.6 Å². The molecule has 2 aromatic rings. The summed E-state index contributed by atoms with van der Waals surface area (Å²) in [5.74, 6) is -0.227. The highest BCUT2D eigenvalue weighted by Crippen LogP contribution is 2.43. The number of benzene rings is 2. The van der Waals surface area contributed by atoms with Gasteiger partial charge in [-0.2, -0.15) is 0 Å². The predicted molar refractivity (Wildman–Crippen MR) is 94.7 cm³/mol. The smallest absolute Gasteiger partial charge is 0.293 e. The number of hydrogen-bond acceptors (Lipinski definition) is 5. The molecule has 1 aliphatic heterocycles. The molecule has 0 aliphatic carbocycles. The molecule has 1 aliphatic rings. The average Bonchev–Trinajstić information content (AvgIpc) is 2.95. The van der Waals surface area contributed by atoms with E-state index in [0.29, 0.717) is 12.2 Å². The van der Waals surface area contributed by atoms with Crippen molar-refractivity contribution in [1.82, 2.24) is 0 Å². The summed E-state index contributed by atoms with van der Waals surface area (Å²) in [7, 11) is -4.05. The summed E-state index contributed by atoms with van der Waals surface area (Å²) < 4.78 is 36.7. The fraction of sp³-hybridized carbons (Fsp3) is 0.294. The van der Waals surface area contributed by atoms with Crippen LogP contribution in [0.5, 0.6) is 0 Å². The molecule has 138 valence electrons. The third-order valence-corrected chi connectivity index (χ3v) is 5.58. The van der Waals surface area contributed by atoms with Crippen molar-refractivity contribution in [3.05, 3.63) is 64.0 Å². The summed E-state index contributed by atoms with van der Waals surface area (Å²) in [6.07, 6.45) is 0.773. The van der Waals surface area contributed by atoms with E-state index in [4.69, 9.17) is 5.14 Å². The fourth-order valence-corrected chi connectivity index (χ4v) is 4.02. The molecule has 0 radical (unpaired) electrons. The number of primary sulfonamides is 1. The minimum Gasteiger partial charge on any atom is -0.359 e. The Morgan fingerprint density at radius 3 is 2.62 bits per heavy atom. The molecule has 1 heterocycles. The van der Waals surface area contributed by atoms with Gasteiger partial charge in [0.1, 0.15) is 11.5 Å². The Kier molecular flexibility index (Phi) is 4.68. The maximum atomic E-state index is 13.7. The molecular weight excluding hydrogens is 361 g/mol. The van der Waals surface area contributed by atoms with Crippen molar-refractivity contribution in [2.24, 2.45) is 11.1 Å². The van der Waals surface area contributed by atoms with Crippen molar-refractivity contribution in [3.8, 4) is 0 Å². The zero-order valence-corrected chi connectivity index (χ0v) is 14.8. The lowest BCUT2D eigenvalue weighted by Crippen LogP contribution is -2.25.